The molecule has 2 rings (SSSR count). The number of amides is 1. The van der Waals surface area contributed by atoms with Crippen LogP contribution in [0.1, 0.15) is 11.1 Å². The first kappa shape index (κ1) is 20.6. The normalized spacial score (nSPS) is 11.2. The Morgan fingerprint density at radius 1 is 1.07 bits per heavy atom. The van der Waals surface area contributed by atoms with Crippen molar-refractivity contribution in [2.45, 2.75) is 6.54 Å². The average molecular weight is 374 g/mol. The molecule has 0 fully saturated rings. The maximum Gasteiger partial charge on any atom is 0.246 e. The van der Waals surface area contributed by atoms with Gasteiger partial charge in [0.15, 0.2) is 11.6 Å². The van der Waals surface area contributed by atoms with E-state index < -0.39 is 5.82 Å². The molecule has 4 nitrogen and oxygen atoms in total. The highest BCUT2D eigenvalue weighted by atomic mass is 19.1. The Bertz CT molecular complexity index is 807. The van der Waals surface area contributed by atoms with Crippen molar-refractivity contribution in [2.24, 2.45) is 0 Å². The molecular weight excluding hydrogens is 350 g/mol. The molecule has 2 aromatic rings. The lowest BCUT2D eigenvalue weighted by Crippen LogP contribution is -2.35. The van der Waals surface area contributed by atoms with Crippen LogP contribution in [0, 0.1) is 11.6 Å². The van der Waals surface area contributed by atoms with Crippen LogP contribution in [0.15, 0.2) is 48.5 Å². The van der Waals surface area contributed by atoms with Crippen molar-refractivity contribution in [3.8, 4) is 5.75 Å². The van der Waals surface area contributed by atoms with E-state index in [9.17, 15) is 13.6 Å². The second kappa shape index (κ2) is 9.83. The van der Waals surface area contributed by atoms with Gasteiger partial charge < -0.3 is 14.5 Å². The lowest BCUT2D eigenvalue weighted by Gasteiger charge is -2.23. The summed E-state index contributed by atoms with van der Waals surface area (Å²) in [5.74, 6) is -0.966. The molecule has 0 N–H and O–H groups in total. The standard InChI is InChI=1S/C21H24F2N2O2/c1-24(2)12-13-25(15-17-6-4-5-7-18(17)22)21(26)11-9-16-8-10-20(27-3)19(23)14-16/h4-11,14H,12-13,15H2,1-3H3/b11-9+. The largest absolute Gasteiger partial charge is 0.494 e. The van der Waals surface area contributed by atoms with Crippen molar-refractivity contribution in [3.05, 3.63) is 71.3 Å². The van der Waals surface area contributed by atoms with Crippen molar-refractivity contribution in [1.82, 2.24) is 9.80 Å². The number of carbonyl (C=O) groups is 1. The second-order valence-corrected chi connectivity index (χ2v) is 6.38. The van der Waals surface area contributed by atoms with Crippen LogP contribution in [0.25, 0.3) is 6.08 Å². The first-order valence-corrected chi connectivity index (χ1v) is 8.59. The molecule has 0 heterocycles. The molecule has 1 amide bonds. The van der Waals surface area contributed by atoms with Crippen molar-refractivity contribution in [3.63, 3.8) is 0 Å². The van der Waals surface area contributed by atoms with Crippen LogP contribution in [0.4, 0.5) is 8.78 Å². The molecule has 0 spiro atoms. The Hall–Kier alpha value is -2.73. The van der Waals surface area contributed by atoms with Crippen molar-refractivity contribution >= 4 is 12.0 Å². The fourth-order valence-electron chi connectivity index (χ4n) is 2.48. The number of hydrogen-bond donors (Lipinski definition) is 0. The summed E-state index contributed by atoms with van der Waals surface area (Å²) < 4.78 is 32.6. The van der Waals surface area contributed by atoms with E-state index in [1.807, 2.05) is 19.0 Å². The van der Waals surface area contributed by atoms with Crippen LogP contribution in [0.5, 0.6) is 5.75 Å². The third-order valence-corrected chi connectivity index (χ3v) is 4.04. The quantitative estimate of drug-likeness (QED) is 0.662. The van der Waals surface area contributed by atoms with Crippen molar-refractivity contribution < 1.29 is 18.3 Å². The molecule has 0 saturated heterocycles. The number of hydrogen-bond acceptors (Lipinski definition) is 3. The van der Waals surface area contributed by atoms with Gasteiger partial charge in [-0.15, -0.1) is 0 Å². The SMILES string of the molecule is COc1ccc(/C=C/C(=O)N(CCN(C)C)Cc2ccccc2F)cc1F. The van der Waals surface area contributed by atoms with Gasteiger partial charge in [0.1, 0.15) is 5.82 Å². The Kier molecular flexibility index (Phi) is 7.49. The lowest BCUT2D eigenvalue weighted by atomic mass is 10.1. The predicted molar refractivity (Wildman–Crippen MR) is 102 cm³/mol. The zero-order valence-corrected chi connectivity index (χ0v) is 15.8. The van der Waals surface area contributed by atoms with Gasteiger partial charge in [0.2, 0.25) is 5.91 Å². The van der Waals surface area contributed by atoms with E-state index in [0.717, 1.165) is 0 Å². The van der Waals surface area contributed by atoms with Crippen LogP contribution in [-0.4, -0.2) is 50.0 Å². The predicted octanol–water partition coefficient (Wildman–Crippen LogP) is 3.58. The minimum Gasteiger partial charge on any atom is -0.494 e. The van der Waals surface area contributed by atoms with Gasteiger partial charge >= 0.3 is 0 Å². The highest BCUT2D eigenvalue weighted by molar-refractivity contribution is 5.91. The Balaban J connectivity index is 2.14. The summed E-state index contributed by atoms with van der Waals surface area (Å²) in [6, 6.07) is 10.8. The maximum atomic E-state index is 14.0. The van der Waals surface area contributed by atoms with Gasteiger partial charge in [0.25, 0.3) is 0 Å². The van der Waals surface area contributed by atoms with E-state index in [4.69, 9.17) is 4.74 Å². The van der Waals surface area contributed by atoms with E-state index in [1.54, 1.807) is 29.2 Å². The number of benzene rings is 2. The highest BCUT2D eigenvalue weighted by Crippen LogP contribution is 2.18. The van der Waals surface area contributed by atoms with Crippen LogP contribution >= 0.6 is 0 Å². The van der Waals surface area contributed by atoms with Gasteiger partial charge in [-0.25, -0.2) is 8.78 Å². The van der Waals surface area contributed by atoms with Crippen molar-refractivity contribution in [2.75, 3.05) is 34.3 Å². The van der Waals surface area contributed by atoms with Crippen molar-refractivity contribution in [1.29, 1.82) is 0 Å². The van der Waals surface area contributed by atoms with Gasteiger partial charge in [-0.05, 0) is 43.9 Å². The molecule has 0 aromatic heterocycles. The summed E-state index contributed by atoms with van der Waals surface area (Å²) in [6.45, 7) is 1.26. The molecule has 0 atom stereocenters. The Labute approximate surface area is 158 Å². The van der Waals surface area contributed by atoms with Crippen LogP contribution in [0.2, 0.25) is 0 Å². The number of methoxy groups -OCH3 is 1. The first-order valence-electron chi connectivity index (χ1n) is 8.59. The van der Waals surface area contributed by atoms with Gasteiger partial charge in [-0.1, -0.05) is 24.3 Å². The Morgan fingerprint density at radius 2 is 1.81 bits per heavy atom. The van der Waals surface area contributed by atoms with Gasteiger partial charge in [-0.3, -0.25) is 4.79 Å². The molecule has 0 aliphatic heterocycles. The summed E-state index contributed by atoms with van der Waals surface area (Å²) in [5.41, 5.74) is 0.994. The molecule has 27 heavy (non-hydrogen) atoms. The van der Waals surface area contributed by atoms with E-state index >= 15 is 0 Å². The molecule has 0 bridgehead atoms. The minimum atomic E-state index is -0.497. The zero-order chi connectivity index (χ0) is 19.8. The lowest BCUT2D eigenvalue weighted by molar-refractivity contribution is -0.126. The molecule has 0 aliphatic carbocycles. The number of halogens is 2. The third-order valence-electron chi connectivity index (χ3n) is 4.04. The average Bonchev–Trinajstić information content (AvgIpc) is 2.64. The van der Waals surface area contributed by atoms with E-state index in [0.29, 0.717) is 24.2 Å². The summed E-state index contributed by atoms with van der Waals surface area (Å²) in [4.78, 5) is 16.1. The minimum absolute atomic E-state index is 0.144. The fourth-order valence-corrected chi connectivity index (χ4v) is 2.48. The van der Waals surface area contributed by atoms with Crippen LogP contribution in [0.3, 0.4) is 0 Å². The smallest absolute Gasteiger partial charge is 0.246 e. The highest BCUT2D eigenvalue weighted by Gasteiger charge is 2.14. The second-order valence-electron chi connectivity index (χ2n) is 6.38. The topological polar surface area (TPSA) is 32.8 Å². The number of nitrogens with zero attached hydrogens (tertiary/aromatic N) is 2. The summed E-state index contributed by atoms with van der Waals surface area (Å²) in [7, 11) is 5.20. The third kappa shape index (κ3) is 6.18. The first-order chi connectivity index (χ1) is 12.9. The molecule has 6 heteroatoms. The fraction of sp³-hybridized carbons (Fsp3) is 0.286. The summed E-state index contributed by atoms with van der Waals surface area (Å²) >= 11 is 0. The maximum absolute atomic E-state index is 14.0. The number of ether oxygens (including phenoxy) is 1. The number of rotatable bonds is 8. The van der Waals surface area contributed by atoms with Gasteiger partial charge in [0.05, 0.1) is 7.11 Å². The summed E-state index contributed by atoms with van der Waals surface area (Å²) in [5, 5.41) is 0. The number of likely N-dealkylation sites (N-methyl/N-ethyl adjacent to an activating group) is 1. The monoisotopic (exact) mass is 374 g/mol. The Morgan fingerprint density at radius 3 is 2.44 bits per heavy atom. The zero-order valence-electron chi connectivity index (χ0n) is 15.8. The summed E-state index contributed by atoms with van der Waals surface area (Å²) in [6.07, 6.45) is 2.91. The molecule has 144 valence electrons. The van der Waals surface area contributed by atoms with Crippen LogP contribution in [-0.2, 0) is 11.3 Å². The van der Waals surface area contributed by atoms with E-state index in [-0.39, 0.29) is 24.0 Å². The van der Waals surface area contributed by atoms with Gasteiger partial charge in [0, 0.05) is 31.3 Å². The van der Waals surface area contributed by atoms with Gasteiger partial charge in [-0.2, -0.15) is 0 Å². The van der Waals surface area contributed by atoms with E-state index in [1.165, 1.54) is 37.5 Å². The molecule has 2 aromatic carbocycles. The van der Waals surface area contributed by atoms with Crippen LogP contribution < -0.4 is 4.74 Å². The molecular formula is C21H24F2N2O2. The molecule has 0 aliphatic rings. The molecule has 0 radical (unpaired) electrons. The molecule has 0 saturated carbocycles. The van der Waals surface area contributed by atoms with E-state index in [2.05, 4.69) is 0 Å². The molecule has 0 unspecified atom stereocenters. The number of carbonyl (C=O) groups excluding carboxylic acids is 1.